The van der Waals surface area contributed by atoms with Crippen LogP contribution in [0.15, 0.2) is 36.4 Å². The van der Waals surface area contributed by atoms with Crippen LogP contribution in [0.4, 0.5) is 0 Å². The molecule has 0 heterocycles. The van der Waals surface area contributed by atoms with Gasteiger partial charge in [0, 0.05) is 13.5 Å². The maximum atomic E-state index is 11.4. The second-order valence-corrected chi connectivity index (χ2v) is 8.93. The van der Waals surface area contributed by atoms with E-state index >= 15 is 0 Å². The van der Waals surface area contributed by atoms with Crippen molar-refractivity contribution in [1.82, 2.24) is 0 Å². The first-order valence-electron chi connectivity index (χ1n) is 10.1. The Morgan fingerprint density at radius 3 is 1.97 bits per heavy atom. The molecule has 2 aromatic carbocycles. The number of rotatable bonds is 15. The molecule has 0 atom stereocenters. The van der Waals surface area contributed by atoms with E-state index in [1.807, 2.05) is 36.4 Å². The minimum absolute atomic E-state index is 0.212. The van der Waals surface area contributed by atoms with Gasteiger partial charge in [0.25, 0.3) is 0 Å². The van der Waals surface area contributed by atoms with Crippen LogP contribution in [-0.2, 0) is 30.2 Å². The molecule has 0 unspecified atom stereocenters. The third-order valence-corrected chi connectivity index (χ3v) is 5.85. The van der Waals surface area contributed by atoms with Crippen LogP contribution in [0, 0.1) is 7.14 Å². The molecule has 0 aromatic heterocycles. The molecule has 9 heteroatoms. The Morgan fingerprint density at radius 1 is 0.812 bits per heavy atom. The summed E-state index contributed by atoms with van der Waals surface area (Å²) in [4.78, 5) is 11.4. The maximum absolute atomic E-state index is 11.4. The quantitative estimate of drug-likeness (QED) is 0.153. The molecular formula is C23H28I2O7. The van der Waals surface area contributed by atoms with Crippen LogP contribution in [0.25, 0.3) is 0 Å². The first-order chi connectivity index (χ1) is 15.5. The molecule has 176 valence electrons. The molecule has 0 radical (unpaired) electrons. The zero-order chi connectivity index (χ0) is 23.2. The van der Waals surface area contributed by atoms with E-state index in [2.05, 4.69) is 45.2 Å². The summed E-state index contributed by atoms with van der Waals surface area (Å²) in [6.07, 6.45) is 0.993. The van der Waals surface area contributed by atoms with E-state index in [4.69, 9.17) is 28.4 Å². The summed E-state index contributed by atoms with van der Waals surface area (Å²) in [6.45, 7) is 3.18. The van der Waals surface area contributed by atoms with Crippen molar-refractivity contribution in [2.24, 2.45) is 0 Å². The molecule has 0 aliphatic heterocycles. The van der Waals surface area contributed by atoms with Gasteiger partial charge < -0.3 is 28.4 Å². The fourth-order valence-electron chi connectivity index (χ4n) is 2.61. The zero-order valence-corrected chi connectivity index (χ0v) is 22.5. The van der Waals surface area contributed by atoms with Crippen molar-refractivity contribution in [3.05, 3.63) is 49.1 Å². The summed E-state index contributed by atoms with van der Waals surface area (Å²) in [6, 6.07) is 11.5. The number of carbonyl (C=O) groups excluding carboxylic acids is 1. The SMILES string of the molecule is COCCOCCOCCOc1ccc(Oc2c(I)cc(CCC(=O)OC)cc2I)cc1. The minimum atomic E-state index is -0.212. The fourth-order valence-corrected chi connectivity index (χ4v) is 4.72. The number of halogens is 2. The van der Waals surface area contributed by atoms with Gasteiger partial charge in [0.1, 0.15) is 18.1 Å². The summed E-state index contributed by atoms with van der Waals surface area (Å²) in [5.41, 5.74) is 1.07. The van der Waals surface area contributed by atoms with Gasteiger partial charge in [-0.25, -0.2) is 0 Å². The average Bonchev–Trinajstić information content (AvgIpc) is 2.79. The van der Waals surface area contributed by atoms with Crippen LogP contribution in [0.5, 0.6) is 17.2 Å². The van der Waals surface area contributed by atoms with Crippen molar-refractivity contribution in [2.75, 3.05) is 53.9 Å². The summed E-state index contributed by atoms with van der Waals surface area (Å²) < 4.78 is 34.2. The monoisotopic (exact) mass is 670 g/mol. The number of esters is 1. The third-order valence-electron chi connectivity index (χ3n) is 4.25. The second-order valence-electron chi connectivity index (χ2n) is 6.60. The van der Waals surface area contributed by atoms with E-state index in [1.165, 1.54) is 7.11 Å². The lowest BCUT2D eigenvalue weighted by atomic mass is 10.1. The predicted molar refractivity (Wildman–Crippen MR) is 138 cm³/mol. The molecule has 32 heavy (non-hydrogen) atoms. The van der Waals surface area contributed by atoms with E-state index in [9.17, 15) is 4.79 Å². The molecule has 0 amide bonds. The molecule has 7 nitrogen and oxygen atoms in total. The zero-order valence-electron chi connectivity index (χ0n) is 18.2. The van der Waals surface area contributed by atoms with Crippen molar-refractivity contribution < 1.29 is 33.2 Å². The highest BCUT2D eigenvalue weighted by Gasteiger charge is 2.12. The smallest absolute Gasteiger partial charge is 0.305 e. The number of benzene rings is 2. The molecule has 0 saturated carbocycles. The van der Waals surface area contributed by atoms with E-state index in [0.29, 0.717) is 52.5 Å². The topological polar surface area (TPSA) is 72.5 Å². The Bertz CT molecular complexity index is 805. The van der Waals surface area contributed by atoms with Gasteiger partial charge in [0.05, 0.1) is 47.3 Å². The lowest BCUT2D eigenvalue weighted by Crippen LogP contribution is -2.12. The van der Waals surface area contributed by atoms with Gasteiger partial charge in [-0.2, -0.15) is 0 Å². The molecule has 2 aromatic rings. The van der Waals surface area contributed by atoms with Crippen molar-refractivity contribution in [3.8, 4) is 17.2 Å². The van der Waals surface area contributed by atoms with Gasteiger partial charge in [-0.05, 0) is 93.6 Å². The van der Waals surface area contributed by atoms with E-state index in [0.717, 1.165) is 30.0 Å². The normalized spacial score (nSPS) is 10.8. The summed E-state index contributed by atoms with van der Waals surface area (Å²) in [5.74, 6) is 2.05. The highest BCUT2D eigenvalue weighted by atomic mass is 127. The van der Waals surface area contributed by atoms with E-state index in [-0.39, 0.29) is 5.97 Å². The van der Waals surface area contributed by atoms with Gasteiger partial charge in [0.15, 0.2) is 5.75 Å². The lowest BCUT2D eigenvalue weighted by molar-refractivity contribution is -0.140. The first kappa shape index (κ1) is 27.1. The molecular weight excluding hydrogens is 642 g/mol. The minimum Gasteiger partial charge on any atom is -0.491 e. The largest absolute Gasteiger partial charge is 0.491 e. The van der Waals surface area contributed by atoms with Crippen LogP contribution in [-0.4, -0.2) is 59.8 Å². The Morgan fingerprint density at radius 2 is 1.38 bits per heavy atom. The van der Waals surface area contributed by atoms with Crippen molar-refractivity contribution in [1.29, 1.82) is 0 Å². The fraction of sp³-hybridized carbons (Fsp3) is 0.435. The molecule has 2 rings (SSSR count). The molecule has 0 saturated heterocycles. The number of carbonyl (C=O) groups is 1. The van der Waals surface area contributed by atoms with Gasteiger partial charge in [-0.1, -0.05) is 0 Å². The molecule has 0 fully saturated rings. The predicted octanol–water partition coefficient (Wildman–Crippen LogP) is 4.85. The van der Waals surface area contributed by atoms with Gasteiger partial charge in [-0.15, -0.1) is 0 Å². The van der Waals surface area contributed by atoms with Crippen LogP contribution in [0.2, 0.25) is 0 Å². The summed E-state index contributed by atoms with van der Waals surface area (Å²) in [7, 11) is 3.05. The highest BCUT2D eigenvalue weighted by molar-refractivity contribution is 14.1. The molecule has 0 aliphatic rings. The Labute approximate surface area is 216 Å². The Hall–Kier alpha value is -1.15. The summed E-state index contributed by atoms with van der Waals surface area (Å²) in [5, 5.41) is 0. The van der Waals surface area contributed by atoms with Crippen LogP contribution in [0.1, 0.15) is 12.0 Å². The van der Waals surface area contributed by atoms with Crippen LogP contribution < -0.4 is 9.47 Å². The second kappa shape index (κ2) is 15.6. The molecule has 0 bridgehead atoms. The van der Waals surface area contributed by atoms with E-state index in [1.54, 1.807) is 7.11 Å². The maximum Gasteiger partial charge on any atom is 0.305 e. The number of aryl methyl sites for hydroxylation is 1. The first-order valence-corrected chi connectivity index (χ1v) is 12.3. The van der Waals surface area contributed by atoms with E-state index < -0.39 is 0 Å². The molecule has 0 N–H and O–H groups in total. The number of hydrogen-bond acceptors (Lipinski definition) is 7. The highest BCUT2D eigenvalue weighted by Crippen LogP contribution is 2.33. The molecule has 0 spiro atoms. The Balaban J connectivity index is 1.77. The standard InChI is InChI=1S/C23H28I2O7/c1-27-9-10-29-11-12-30-13-14-31-18-4-6-19(7-5-18)32-23-20(24)15-17(16-21(23)25)3-8-22(26)28-2/h4-7,15-16H,3,8-14H2,1-2H3. The third kappa shape index (κ3) is 10.2. The van der Waals surface area contributed by atoms with Gasteiger partial charge in [-0.3, -0.25) is 4.79 Å². The van der Waals surface area contributed by atoms with Gasteiger partial charge >= 0.3 is 5.97 Å². The van der Waals surface area contributed by atoms with Gasteiger partial charge in [0.2, 0.25) is 0 Å². The average molecular weight is 670 g/mol. The summed E-state index contributed by atoms with van der Waals surface area (Å²) >= 11 is 4.50. The number of hydrogen-bond donors (Lipinski definition) is 0. The Kier molecular flexibility index (Phi) is 13.2. The van der Waals surface area contributed by atoms with Crippen molar-refractivity contribution in [2.45, 2.75) is 12.8 Å². The molecule has 0 aliphatic carbocycles. The van der Waals surface area contributed by atoms with Crippen LogP contribution in [0.3, 0.4) is 0 Å². The lowest BCUT2D eigenvalue weighted by Gasteiger charge is -2.13. The van der Waals surface area contributed by atoms with Crippen molar-refractivity contribution in [3.63, 3.8) is 0 Å². The van der Waals surface area contributed by atoms with Crippen molar-refractivity contribution >= 4 is 51.2 Å². The number of methoxy groups -OCH3 is 2. The van der Waals surface area contributed by atoms with Crippen LogP contribution >= 0.6 is 45.2 Å². The number of ether oxygens (including phenoxy) is 6.